The fourth-order valence-electron chi connectivity index (χ4n) is 10.4. The van der Waals surface area contributed by atoms with E-state index < -0.39 is 0 Å². The van der Waals surface area contributed by atoms with Crippen molar-refractivity contribution in [1.82, 2.24) is 4.57 Å². The molecular formula is C57H57N. The fourth-order valence-corrected chi connectivity index (χ4v) is 10.4. The molecule has 1 heterocycles. The zero-order valence-electron chi connectivity index (χ0n) is 36.3. The monoisotopic (exact) mass is 755 g/mol. The number of nitrogens with zero attached hydrogens (tertiary/aromatic N) is 1. The largest absolute Gasteiger partial charge is 0.309 e. The Hall–Kier alpha value is -5.66. The molecule has 2 aliphatic rings. The molecule has 0 unspecified atom stereocenters. The van der Waals surface area contributed by atoms with Crippen molar-refractivity contribution in [2.75, 3.05) is 0 Å². The number of benzene rings is 7. The summed E-state index contributed by atoms with van der Waals surface area (Å²) in [7, 11) is 0. The van der Waals surface area contributed by atoms with Crippen LogP contribution in [0.25, 0.3) is 60.9 Å². The van der Waals surface area contributed by atoms with Crippen LogP contribution in [0.3, 0.4) is 0 Å². The molecule has 0 atom stereocenters. The lowest BCUT2D eigenvalue weighted by Crippen LogP contribution is -2.42. The molecule has 1 aromatic heterocycles. The Morgan fingerprint density at radius 1 is 0.379 bits per heavy atom. The van der Waals surface area contributed by atoms with Crippen molar-refractivity contribution < 1.29 is 0 Å². The molecule has 8 aromatic rings. The number of hydrogen-bond donors (Lipinski definition) is 0. The molecule has 58 heavy (non-hydrogen) atoms. The molecule has 0 amide bonds. The van der Waals surface area contributed by atoms with Crippen molar-refractivity contribution in [3.8, 4) is 39.1 Å². The van der Waals surface area contributed by atoms with Gasteiger partial charge in [0.1, 0.15) is 0 Å². The molecule has 0 spiro atoms. The Kier molecular flexibility index (Phi) is 8.61. The van der Waals surface area contributed by atoms with E-state index in [1.165, 1.54) is 99.8 Å². The summed E-state index contributed by atoms with van der Waals surface area (Å²) in [6.45, 7) is 25.8. The third kappa shape index (κ3) is 5.49. The number of para-hydroxylation sites is 1. The van der Waals surface area contributed by atoms with Crippen LogP contribution in [0, 0.1) is 26.2 Å². The van der Waals surface area contributed by atoms with Crippen LogP contribution in [0.1, 0.15) is 94.3 Å². The van der Waals surface area contributed by atoms with Gasteiger partial charge in [-0.25, -0.2) is 0 Å². The highest BCUT2D eigenvalue weighted by molar-refractivity contribution is 6.10. The van der Waals surface area contributed by atoms with Gasteiger partial charge in [-0.1, -0.05) is 170 Å². The van der Waals surface area contributed by atoms with Gasteiger partial charge in [0.15, 0.2) is 0 Å². The highest BCUT2D eigenvalue weighted by Crippen LogP contribution is 2.62. The van der Waals surface area contributed by atoms with Crippen LogP contribution < -0.4 is 0 Å². The smallest absolute Gasteiger partial charge is 0.0544 e. The number of aryl methyl sites for hydroxylation is 3. The summed E-state index contributed by atoms with van der Waals surface area (Å²) in [6.07, 6.45) is 0. The Morgan fingerprint density at radius 3 is 1.62 bits per heavy atom. The standard InChI is InChI=1S/C34H35N.C23H22/c1-22-12-14-23(15-13-22)24-16-18-25(19-17-24)35-30-11-9-8-10-26(30)27-20-28-29(21-31(27)35)33(4,5)34(6,7)32(28,2)3;1-15-9-5-6-10-17(15)19-14-20-18-11-7-8-12-21(18)23(3,4)22(20)13-16(19)2/h8-21H,1-7H3;5-14H,1-4H3. The van der Waals surface area contributed by atoms with E-state index in [1.54, 1.807) is 0 Å². The molecule has 1 heteroatoms. The van der Waals surface area contributed by atoms with Crippen molar-refractivity contribution in [2.45, 2.75) is 92.4 Å². The molecule has 0 radical (unpaired) electrons. The molecule has 0 aliphatic heterocycles. The maximum absolute atomic E-state index is 2.50. The van der Waals surface area contributed by atoms with E-state index in [2.05, 4.69) is 226 Å². The van der Waals surface area contributed by atoms with Crippen molar-refractivity contribution >= 4 is 21.8 Å². The van der Waals surface area contributed by atoms with Gasteiger partial charge in [0.2, 0.25) is 0 Å². The van der Waals surface area contributed by atoms with E-state index in [-0.39, 0.29) is 21.7 Å². The molecule has 2 aliphatic carbocycles. The minimum Gasteiger partial charge on any atom is -0.309 e. The van der Waals surface area contributed by atoms with Crippen LogP contribution >= 0.6 is 0 Å². The number of fused-ring (bicyclic) bond motifs is 7. The minimum atomic E-state index is 0.0800. The second-order valence-electron chi connectivity index (χ2n) is 19.3. The molecule has 0 N–H and O–H groups in total. The molecule has 0 bridgehead atoms. The molecule has 0 fully saturated rings. The van der Waals surface area contributed by atoms with Gasteiger partial charge in [-0.05, 0) is 140 Å². The van der Waals surface area contributed by atoms with Crippen LogP contribution in [0.4, 0.5) is 0 Å². The first-order valence-electron chi connectivity index (χ1n) is 21.1. The van der Waals surface area contributed by atoms with E-state index in [0.29, 0.717) is 0 Å². The van der Waals surface area contributed by atoms with Gasteiger partial charge in [0, 0.05) is 21.9 Å². The normalized spacial score (nSPS) is 16.4. The van der Waals surface area contributed by atoms with Crippen molar-refractivity contribution in [3.05, 3.63) is 185 Å². The minimum absolute atomic E-state index is 0.0800. The predicted molar refractivity (Wildman–Crippen MR) is 250 cm³/mol. The summed E-state index contributed by atoms with van der Waals surface area (Å²) in [4.78, 5) is 0. The van der Waals surface area contributed by atoms with Gasteiger partial charge in [-0.15, -0.1) is 0 Å². The maximum Gasteiger partial charge on any atom is 0.0544 e. The van der Waals surface area contributed by atoms with Gasteiger partial charge in [0.05, 0.1) is 11.0 Å². The van der Waals surface area contributed by atoms with Crippen LogP contribution in [0.2, 0.25) is 0 Å². The Balaban J connectivity index is 0.000000164. The third-order valence-electron chi connectivity index (χ3n) is 15.2. The molecule has 1 nitrogen and oxygen atoms in total. The van der Waals surface area contributed by atoms with E-state index in [1.807, 2.05) is 0 Å². The molecule has 10 rings (SSSR count). The van der Waals surface area contributed by atoms with Crippen molar-refractivity contribution in [3.63, 3.8) is 0 Å². The lowest BCUT2D eigenvalue weighted by atomic mass is 9.59. The van der Waals surface area contributed by atoms with E-state index >= 15 is 0 Å². The first-order chi connectivity index (χ1) is 27.5. The van der Waals surface area contributed by atoms with Gasteiger partial charge in [0.25, 0.3) is 0 Å². The molecular weight excluding hydrogens is 699 g/mol. The lowest BCUT2D eigenvalue weighted by molar-refractivity contribution is 0.125. The summed E-state index contributed by atoms with van der Waals surface area (Å²) < 4.78 is 2.46. The summed E-state index contributed by atoms with van der Waals surface area (Å²) in [5.41, 5.74) is 22.0. The average molecular weight is 756 g/mol. The van der Waals surface area contributed by atoms with Gasteiger partial charge in [-0.2, -0.15) is 0 Å². The van der Waals surface area contributed by atoms with Gasteiger partial charge < -0.3 is 4.57 Å². The lowest BCUT2D eigenvalue weighted by Gasteiger charge is -2.44. The number of hydrogen-bond acceptors (Lipinski definition) is 0. The third-order valence-corrected chi connectivity index (χ3v) is 15.2. The number of aromatic nitrogens is 1. The summed E-state index contributed by atoms with van der Waals surface area (Å²) >= 11 is 0. The SMILES string of the molecule is Cc1ccc(-c2ccc(-n3c4ccccc4c4cc5c(cc43)C(C)(C)C(C)(C)C5(C)C)cc2)cc1.Cc1ccccc1-c1cc2c(cc1C)C(C)(C)c1ccccc1-2. The summed E-state index contributed by atoms with van der Waals surface area (Å²) in [5.74, 6) is 0. The molecule has 7 aromatic carbocycles. The zero-order valence-corrected chi connectivity index (χ0v) is 36.3. The van der Waals surface area contributed by atoms with Crippen molar-refractivity contribution in [2.24, 2.45) is 5.41 Å². The highest BCUT2D eigenvalue weighted by Gasteiger charge is 2.57. The maximum atomic E-state index is 2.50. The van der Waals surface area contributed by atoms with E-state index in [9.17, 15) is 0 Å². The molecule has 0 saturated carbocycles. The van der Waals surface area contributed by atoms with E-state index in [4.69, 9.17) is 0 Å². The Labute approximate surface area is 346 Å². The van der Waals surface area contributed by atoms with Gasteiger partial charge in [-0.3, -0.25) is 0 Å². The quantitative estimate of drug-likeness (QED) is 0.169. The average Bonchev–Trinajstić information content (AvgIpc) is 3.68. The first-order valence-corrected chi connectivity index (χ1v) is 21.1. The predicted octanol–water partition coefficient (Wildman–Crippen LogP) is 15.6. The summed E-state index contributed by atoms with van der Waals surface area (Å²) in [5, 5.41) is 2.68. The Morgan fingerprint density at radius 2 is 0.948 bits per heavy atom. The Bertz CT molecular complexity index is 2890. The highest BCUT2D eigenvalue weighted by atomic mass is 15.0. The second kappa shape index (κ2) is 13.2. The van der Waals surface area contributed by atoms with Crippen LogP contribution in [0.5, 0.6) is 0 Å². The van der Waals surface area contributed by atoms with Crippen LogP contribution in [0.15, 0.2) is 146 Å². The van der Waals surface area contributed by atoms with Gasteiger partial charge >= 0.3 is 0 Å². The topological polar surface area (TPSA) is 4.93 Å². The first kappa shape index (κ1) is 37.9. The molecule has 290 valence electrons. The second-order valence-corrected chi connectivity index (χ2v) is 19.3. The van der Waals surface area contributed by atoms with Crippen LogP contribution in [-0.2, 0) is 16.2 Å². The zero-order chi connectivity index (χ0) is 40.9. The summed E-state index contributed by atoms with van der Waals surface area (Å²) in [6, 6.07) is 54.0. The number of rotatable bonds is 3. The van der Waals surface area contributed by atoms with E-state index in [0.717, 1.165) is 0 Å². The van der Waals surface area contributed by atoms with Crippen molar-refractivity contribution in [1.29, 1.82) is 0 Å². The fraction of sp³-hybridized carbons (Fsp3) is 0.263. The molecule has 0 saturated heterocycles. The van der Waals surface area contributed by atoms with Crippen LogP contribution in [-0.4, -0.2) is 4.57 Å².